The molecule has 0 aliphatic carbocycles. The molecule has 100 valence electrons. The summed E-state index contributed by atoms with van der Waals surface area (Å²) in [5.74, 6) is -0.595. The Balaban J connectivity index is 2.19. The SMILES string of the molecule is CC(C)CC1=NN(c2ccc(C(=O)O)cc2)C(=O)C1. The van der Waals surface area contributed by atoms with Crippen molar-refractivity contribution >= 4 is 23.3 Å². The van der Waals surface area contributed by atoms with Crippen molar-refractivity contribution in [3.05, 3.63) is 29.8 Å². The summed E-state index contributed by atoms with van der Waals surface area (Å²) in [6.07, 6.45) is 1.15. The van der Waals surface area contributed by atoms with E-state index in [0.29, 0.717) is 18.0 Å². The molecule has 0 aromatic heterocycles. The Labute approximate surface area is 111 Å². The fourth-order valence-electron chi connectivity index (χ4n) is 2.01. The Morgan fingerprint density at radius 1 is 1.37 bits per heavy atom. The molecule has 1 aromatic rings. The summed E-state index contributed by atoms with van der Waals surface area (Å²) in [5.41, 5.74) is 1.68. The van der Waals surface area contributed by atoms with Gasteiger partial charge in [0, 0.05) is 5.71 Å². The Hall–Kier alpha value is -2.17. The van der Waals surface area contributed by atoms with Gasteiger partial charge in [0.25, 0.3) is 5.91 Å². The number of aromatic carboxylic acids is 1. The van der Waals surface area contributed by atoms with Crippen molar-refractivity contribution in [3.8, 4) is 0 Å². The maximum atomic E-state index is 11.9. The van der Waals surface area contributed by atoms with E-state index >= 15 is 0 Å². The largest absolute Gasteiger partial charge is 0.478 e. The molecule has 19 heavy (non-hydrogen) atoms. The van der Waals surface area contributed by atoms with Gasteiger partial charge < -0.3 is 5.11 Å². The van der Waals surface area contributed by atoms with Crippen LogP contribution in [0.2, 0.25) is 0 Å². The van der Waals surface area contributed by atoms with E-state index < -0.39 is 5.97 Å². The van der Waals surface area contributed by atoms with Crippen LogP contribution < -0.4 is 5.01 Å². The van der Waals surface area contributed by atoms with Crippen molar-refractivity contribution in [2.24, 2.45) is 11.0 Å². The van der Waals surface area contributed by atoms with Gasteiger partial charge >= 0.3 is 5.97 Å². The lowest BCUT2D eigenvalue weighted by molar-refractivity contribution is -0.116. The summed E-state index contributed by atoms with van der Waals surface area (Å²) in [5, 5.41) is 14.5. The molecular formula is C14H16N2O3. The number of benzene rings is 1. The monoisotopic (exact) mass is 260 g/mol. The van der Waals surface area contributed by atoms with Gasteiger partial charge in [-0.3, -0.25) is 4.79 Å². The molecule has 0 unspecified atom stereocenters. The van der Waals surface area contributed by atoms with Crippen LogP contribution in [-0.4, -0.2) is 22.7 Å². The first-order chi connectivity index (χ1) is 8.97. The van der Waals surface area contributed by atoms with Crippen molar-refractivity contribution in [1.29, 1.82) is 0 Å². The number of amides is 1. The summed E-state index contributed by atoms with van der Waals surface area (Å²) in [6.45, 7) is 4.16. The van der Waals surface area contributed by atoms with E-state index in [2.05, 4.69) is 18.9 Å². The number of hydrogen-bond donors (Lipinski definition) is 1. The zero-order valence-electron chi connectivity index (χ0n) is 11.0. The highest BCUT2D eigenvalue weighted by atomic mass is 16.4. The van der Waals surface area contributed by atoms with Crippen LogP contribution >= 0.6 is 0 Å². The fraction of sp³-hybridized carbons (Fsp3) is 0.357. The standard InChI is InChI=1S/C14H16N2O3/c1-9(2)7-11-8-13(17)16(15-11)12-5-3-10(4-6-12)14(18)19/h3-6,9H,7-8H2,1-2H3,(H,18,19). The average molecular weight is 260 g/mol. The highest BCUT2D eigenvalue weighted by Crippen LogP contribution is 2.23. The first kappa shape index (κ1) is 13.3. The van der Waals surface area contributed by atoms with Crippen LogP contribution in [0.25, 0.3) is 0 Å². The molecule has 0 saturated carbocycles. The predicted molar refractivity (Wildman–Crippen MR) is 72.4 cm³/mol. The quantitative estimate of drug-likeness (QED) is 0.904. The van der Waals surface area contributed by atoms with Gasteiger partial charge in [0.1, 0.15) is 0 Å². The zero-order chi connectivity index (χ0) is 14.0. The third kappa shape index (κ3) is 2.99. The molecule has 1 aromatic carbocycles. The average Bonchev–Trinajstić information content (AvgIpc) is 2.69. The minimum Gasteiger partial charge on any atom is -0.478 e. The minimum atomic E-state index is -0.983. The van der Waals surface area contributed by atoms with Crippen molar-refractivity contribution in [2.45, 2.75) is 26.7 Å². The topological polar surface area (TPSA) is 70.0 Å². The minimum absolute atomic E-state index is 0.0706. The number of rotatable bonds is 4. The van der Waals surface area contributed by atoms with E-state index in [-0.39, 0.29) is 11.5 Å². The first-order valence-corrected chi connectivity index (χ1v) is 6.20. The van der Waals surface area contributed by atoms with E-state index in [9.17, 15) is 9.59 Å². The third-order valence-corrected chi connectivity index (χ3v) is 2.84. The second-order valence-electron chi connectivity index (χ2n) is 5.00. The highest BCUT2D eigenvalue weighted by molar-refractivity contribution is 6.13. The van der Waals surface area contributed by atoms with Gasteiger partial charge in [0.2, 0.25) is 0 Å². The molecule has 1 aliphatic rings. The third-order valence-electron chi connectivity index (χ3n) is 2.84. The lowest BCUT2D eigenvalue weighted by Crippen LogP contribution is -2.19. The number of carboxylic acid groups (broad SMARTS) is 1. The molecule has 1 N–H and O–H groups in total. The number of carbonyl (C=O) groups excluding carboxylic acids is 1. The Morgan fingerprint density at radius 2 is 2.00 bits per heavy atom. The van der Waals surface area contributed by atoms with Crippen molar-refractivity contribution in [3.63, 3.8) is 0 Å². The van der Waals surface area contributed by atoms with Crippen LogP contribution in [-0.2, 0) is 4.79 Å². The van der Waals surface area contributed by atoms with E-state index in [1.807, 2.05) is 0 Å². The van der Waals surface area contributed by atoms with Crippen molar-refractivity contribution in [1.82, 2.24) is 0 Å². The molecular weight excluding hydrogens is 244 g/mol. The number of anilines is 1. The zero-order valence-corrected chi connectivity index (χ0v) is 11.0. The summed E-state index contributed by atoms with van der Waals surface area (Å²) >= 11 is 0. The number of nitrogens with zero attached hydrogens (tertiary/aromatic N) is 2. The molecule has 0 saturated heterocycles. The van der Waals surface area contributed by atoms with E-state index in [0.717, 1.165) is 12.1 Å². The van der Waals surface area contributed by atoms with E-state index in [4.69, 9.17) is 5.11 Å². The summed E-state index contributed by atoms with van der Waals surface area (Å²) in [7, 11) is 0. The number of hydrazone groups is 1. The molecule has 0 bridgehead atoms. The second-order valence-corrected chi connectivity index (χ2v) is 5.00. The van der Waals surface area contributed by atoms with Gasteiger partial charge in [-0.25, -0.2) is 9.80 Å². The Morgan fingerprint density at radius 3 is 2.53 bits per heavy atom. The predicted octanol–water partition coefficient (Wildman–Crippen LogP) is 2.52. The van der Waals surface area contributed by atoms with Gasteiger partial charge in [0.15, 0.2) is 0 Å². The smallest absolute Gasteiger partial charge is 0.335 e. The maximum absolute atomic E-state index is 11.9. The van der Waals surface area contributed by atoms with Crippen LogP contribution in [0.1, 0.15) is 37.0 Å². The fourth-order valence-corrected chi connectivity index (χ4v) is 2.01. The Kier molecular flexibility index (Phi) is 3.64. The molecule has 0 spiro atoms. The molecule has 1 heterocycles. The molecule has 0 fully saturated rings. The van der Waals surface area contributed by atoms with Gasteiger partial charge in [0.05, 0.1) is 17.7 Å². The van der Waals surface area contributed by atoms with Gasteiger partial charge in [-0.1, -0.05) is 13.8 Å². The van der Waals surface area contributed by atoms with Gasteiger partial charge in [-0.15, -0.1) is 0 Å². The summed E-state index contributed by atoms with van der Waals surface area (Å²) in [6, 6.07) is 6.15. The number of carboxylic acids is 1. The molecule has 0 radical (unpaired) electrons. The van der Waals surface area contributed by atoms with Crippen LogP contribution in [0.5, 0.6) is 0 Å². The lowest BCUT2D eigenvalue weighted by Gasteiger charge is -2.11. The highest BCUT2D eigenvalue weighted by Gasteiger charge is 2.25. The molecule has 0 atom stereocenters. The summed E-state index contributed by atoms with van der Waals surface area (Å²) < 4.78 is 0. The van der Waals surface area contributed by atoms with Crippen LogP contribution in [0.15, 0.2) is 29.4 Å². The molecule has 1 aliphatic heterocycles. The molecule has 5 nitrogen and oxygen atoms in total. The van der Waals surface area contributed by atoms with Gasteiger partial charge in [-0.05, 0) is 36.6 Å². The van der Waals surface area contributed by atoms with Crippen LogP contribution in [0.3, 0.4) is 0 Å². The molecule has 1 amide bonds. The van der Waals surface area contributed by atoms with E-state index in [1.165, 1.54) is 17.1 Å². The van der Waals surface area contributed by atoms with Crippen LogP contribution in [0.4, 0.5) is 5.69 Å². The van der Waals surface area contributed by atoms with Crippen LogP contribution in [0, 0.1) is 5.92 Å². The maximum Gasteiger partial charge on any atom is 0.335 e. The number of carbonyl (C=O) groups is 2. The lowest BCUT2D eigenvalue weighted by atomic mass is 10.1. The second kappa shape index (κ2) is 5.22. The van der Waals surface area contributed by atoms with Crippen molar-refractivity contribution in [2.75, 3.05) is 5.01 Å². The number of hydrogen-bond acceptors (Lipinski definition) is 3. The summed E-state index contributed by atoms with van der Waals surface area (Å²) in [4.78, 5) is 22.6. The van der Waals surface area contributed by atoms with E-state index in [1.54, 1.807) is 12.1 Å². The Bertz CT molecular complexity index is 532. The molecule has 5 heteroatoms. The molecule has 2 rings (SSSR count). The normalized spacial score (nSPS) is 15.0. The first-order valence-electron chi connectivity index (χ1n) is 6.20. The van der Waals surface area contributed by atoms with Gasteiger partial charge in [-0.2, -0.15) is 5.10 Å². The van der Waals surface area contributed by atoms with Crippen molar-refractivity contribution < 1.29 is 14.7 Å².